The molecule has 0 spiro atoms. The van der Waals surface area contributed by atoms with Crippen molar-refractivity contribution in [3.63, 3.8) is 0 Å². The van der Waals surface area contributed by atoms with Crippen LogP contribution >= 0.6 is 7.14 Å². The second kappa shape index (κ2) is 36.5. The Labute approximate surface area is 661 Å². The number of ketones is 1. The normalized spacial score (nSPS) is 29.1. The van der Waals surface area contributed by atoms with Crippen molar-refractivity contribution in [2.75, 3.05) is 6.16 Å². The zero-order valence-corrected chi connectivity index (χ0v) is 74.9. The number of carbonyl (C=O) groups excluding carboxylic acids is 1. The fraction of sp³-hybridized carbons (Fsp3) is 0.700. The highest BCUT2D eigenvalue weighted by Gasteiger charge is 2.59. The van der Waals surface area contributed by atoms with Gasteiger partial charge in [0.25, 0.3) is 0 Å². The fourth-order valence-corrected chi connectivity index (χ4v) is 26.4. The Balaban J connectivity index is 0.000000259. The number of aliphatic hydroxyl groups is 3. The van der Waals surface area contributed by atoms with Gasteiger partial charge in [-0.15, -0.1) is 0 Å². The number of carbonyl (C=O) groups is 1. The Morgan fingerprint density at radius 1 is 0.591 bits per heavy atom. The van der Waals surface area contributed by atoms with E-state index in [4.69, 9.17) is 13.3 Å². The predicted octanol–water partition coefficient (Wildman–Crippen LogP) is 25.0. The second-order valence-electron chi connectivity index (χ2n) is 39.8. The molecule has 0 heterocycles. The average molecular weight is 1620 g/mol. The zero-order valence-electron chi connectivity index (χ0n) is 71.0. The first-order valence-electron chi connectivity index (χ1n) is 40.8. The van der Waals surface area contributed by atoms with E-state index in [9.17, 15) is 59.8 Å². The average Bonchev–Trinajstić information content (AvgIpc) is 1.58. The predicted molar refractivity (Wildman–Crippen MR) is 447 cm³/mol. The van der Waals surface area contributed by atoms with E-state index in [-0.39, 0.29) is 56.7 Å². The van der Waals surface area contributed by atoms with E-state index in [1.54, 1.807) is 39.6 Å². The highest BCUT2D eigenvalue weighted by molar-refractivity contribution is 7.78. The number of allylic oxidation sites excluding steroid dienone is 8. The lowest BCUT2D eigenvalue weighted by atomic mass is 9.55. The van der Waals surface area contributed by atoms with Crippen molar-refractivity contribution in [2.24, 2.45) is 45.3 Å². The fourth-order valence-electron chi connectivity index (χ4n) is 19.3. The quantitative estimate of drug-likeness (QED) is 0.0350. The van der Waals surface area contributed by atoms with E-state index in [1.165, 1.54) is 17.7 Å². The molecule has 622 valence electrons. The van der Waals surface area contributed by atoms with E-state index < -0.39 is 79.7 Å². The topological polar surface area (TPSA) is 123 Å². The molecular formula is C90H141F8O8PSi3. The van der Waals surface area contributed by atoms with Crippen LogP contribution in [0.25, 0.3) is 0 Å². The minimum absolute atomic E-state index is 0.0435. The van der Waals surface area contributed by atoms with Gasteiger partial charge in [-0.05, 0) is 282 Å². The molecule has 6 saturated carbocycles. The zero-order chi connectivity index (χ0) is 83.1. The Hall–Kier alpha value is -3.63. The minimum Gasteiger partial charge on any atom is -0.413 e. The Morgan fingerprint density at radius 2 is 1.06 bits per heavy atom. The summed E-state index contributed by atoms with van der Waals surface area (Å²) >= 11 is 0. The lowest BCUT2D eigenvalue weighted by Crippen LogP contribution is -2.49. The van der Waals surface area contributed by atoms with Crippen LogP contribution in [0.3, 0.4) is 0 Å². The summed E-state index contributed by atoms with van der Waals surface area (Å²) in [6, 6.07) is 19.2. The van der Waals surface area contributed by atoms with Gasteiger partial charge in [-0.1, -0.05) is 171 Å². The summed E-state index contributed by atoms with van der Waals surface area (Å²) < 4.78 is 145. The smallest absolute Gasteiger partial charge is 0.413 e. The lowest BCUT2D eigenvalue weighted by molar-refractivity contribution is -0.232. The van der Waals surface area contributed by atoms with Crippen LogP contribution in [0.1, 0.15) is 231 Å². The molecule has 14 atom stereocenters. The second-order valence-corrected chi connectivity index (χ2v) is 56.3. The van der Waals surface area contributed by atoms with Gasteiger partial charge in [0.2, 0.25) is 0 Å². The van der Waals surface area contributed by atoms with E-state index >= 15 is 0 Å². The number of aliphatic hydroxyl groups excluding tert-OH is 1. The highest BCUT2D eigenvalue weighted by atomic mass is 31.2. The molecule has 2 aromatic rings. The number of benzene rings is 2. The van der Waals surface area contributed by atoms with Gasteiger partial charge >= 0.3 is 12.4 Å². The van der Waals surface area contributed by atoms with Crippen LogP contribution in [0.2, 0.25) is 57.4 Å². The van der Waals surface area contributed by atoms with Gasteiger partial charge in [-0.25, -0.2) is 8.78 Å². The van der Waals surface area contributed by atoms with Gasteiger partial charge in [-0.2, -0.15) is 26.3 Å². The van der Waals surface area contributed by atoms with Crippen LogP contribution in [0.4, 0.5) is 35.1 Å². The molecule has 2 aromatic carbocycles. The molecule has 5 unspecified atom stereocenters. The van der Waals surface area contributed by atoms with E-state index in [1.807, 2.05) is 72.8 Å². The maximum atomic E-state index is 14.9. The Bertz CT molecular complexity index is 3570. The van der Waals surface area contributed by atoms with Crippen molar-refractivity contribution >= 4 is 48.5 Å². The van der Waals surface area contributed by atoms with E-state index in [0.717, 1.165) is 132 Å². The third-order valence-electron chi connectivity index (χ3n) is 26.0. The van der Waals surface area contributed by atoms with E-state index in [2.05, 4.69) is 114 Å². The molecule has 0 aliphatic heterocycles. The maximum absolute atomic E-state index is 14.9. The van der Waals surface area contributed by atoms with Crippen molar-refractivity contribution in [1.29, 1.82) is 0 Å². The number of hydrogen-bond donors (Lipinski definition) is 3. The monoisotopic (exact) mass is 1620 g/mol. The molecule has 0 bridgehead atoms. The molecule has 8 rings (SSSR count). The molecular weight excluding hydrogens is 1480 g/mol. The summed E-state index contributed by atoms with van der Waals surface area (Å²) in [5.41, 5.74) is -2.98. The summed E-state index contributed by atoms with van der Waals surface area (Å²) in [6.07, 6.45) is 16.0. The number of rotatable bonds is 27. The first kappa shape index (κ1) is 95.2. The van der Waals surface area contributed by atoms with Gasteiger partial charge < -0.3 is 33.2 Å². The largest absolute Gasteiger partial charge is 0.420 e. The van der Waals surface area contributed by atoms with Gasteiger partial charge in [0.1, 0.15) is 25.3 Å². The third-order valence-corrected chi connectivity index (χ3v) is 35.7. The first-order valence-corrected chi connectivity index (χ1v) is 52.5. The van der Waals surface area contributed by atoms with Crippen molar-refractivity contribution < 1.29 is 73.1 Å². The lowest BCUT2D eigenvalue weighted by Gasteiger charge is -2.49. The highest BCUT2D eigenvalue weighted by Crippen LogP contribution is 2.65. The van der Waals surface area contributed by atoms with Crippen LogP contribution in [-0.2, 0) is 22.6 Å². The van der Waals surface area contributed by atoms with E-state index in [0.29, 0.717) is 79.9 Å². The number of Topliss-reactive ketones (excluding diaryl/α,β-unsaturated/α-hetero) is 1. The molecule has 6 aliphatic carbocycles. The molecule has 6 fully saturated rings. The van der Waals surface area contributed by atoms with Crippen LogP contribution in [0, 0.1) is 45.3 Å². The molecule has 0 aromatic heterocycles. The summed E-state index contributed by atoms with van der Waals surface area (Å²) in [4.78, 5) is 12.9. The Morgan fingerprint density at radius 3 is 1.55 bits per heavy atom. The standard InChI is InChI=1S/C33H50F4O3.C30H55F3O3Si2.C27H36FO2PSi/c1-22-24(20-25(38)21-27(22)34)12-11-23-10-7-18-31(5)26(23)13-14-28(31)30(4,16-8-15-29(2,3)39)17-9-19-32(6,40)33(35,36)37;1-26(2,35-37(6,7)8)18-13-19-27(3,25-17-16-23-24(34)15-12-21-28(23,25)4)20-14-22-29(5,30(31,32)33)36-38(9,10)11;1-21-22(19-23(20-26(21)28)30-32(5,6)27(2,3)4)17-18-31(29,24-13-9-7-10-14-24)25-15-11-8-12-16-25/h9,11-12,19,25-28,38-40H,1,7-8,10,13-18,20-21H2,2-6H3;14,22-23,25H,12-13,15-21H2,1-11H3;7-17,23,26H,1,18-20H2,2-6H3/b19-9-,23-11+,24-12-;22-14-;22-17-/t25-,26?,27?,28-,30-,31+,32?;23?,25-,27-,28+,29?;23-,26+/m111/s1. The summed E-state index contributed by atoms with van der Waals surface area (Å²) in [5, 5.41) is 32.1. The van der Waals surface area contributed by atoms with Gasteiger partial charge in [0.15, 0.2) is 36.2 Å². The Kier molecular flexibility index (Phi) is 31.6. The molecule has 110 heavy (non-hydrogen) atoms. The SMILES string of the molecule is C=C1/C(=C\C=C2/CCC[C@@]3(C)C2CC[C@@H]3[C@@](C)(C/C=C\C(C)(O)C(F)(F)F)CCCC(C)(C)O)C[C@@H](O)CC1F.C=C1/C(=C\CP(=O)(c2ccccc2)c2ccccc2)C[C@@H](O[Si](C)(C)C(C)(C)C)C[C@@H]1F.CC(C)(CCC[C@](C)(C/C=C\C(C)(O[Si](C)(C)C)C(F)(F)F)[C@H]1CCC2C(=O)CCC[C@@]21C)O[Si](C)(C)C. The third kappa shape index (κ3) is 25.0. The maximum Gasteiger partial charge on any atom is 0.420 e. The van der Waals surface area contributed by atoms with Crippen molar-refractivity contribution in [1.82, 2.24) is 0 Å². The molecule has 3 N–H and O–H groups in total. The number of hydrogen-bond acceptors (Lipinski definition) is 8. The minimum atomic E-state index is -4.75. The molecule has 0 saturated heterocycles. The number of fused-ring (bicyclic) bond motifs is 2. The van der Waals surface area contributed by atoms with Gasteiger partial charge in [0.05, 0.1) is 23.4 Å². The van der Waals surface area contributed by atoms with Crippen LogP contribution in [0.15, 0.2) is 144 Å². The van der Waals surface area contributed by atoms with Crippen LogP contribution < -0.4 is 10.6 Å². The van der Waals surface area contributed by atoms with Crippen LogP contribution in [-0.4, -0.2) is 112 Å². The van der Waals surface area contributed by atoms with Gasteiger partial charge in [-0.3, -0.25) is 4.79 Å². The molecule has 0 amide bonds. The number of alkyl halides is 8. The first-order chi connectivity index (χ1) is 50.2. The molecule has 6 aliphatic rings. The number of halogens is 8. The summed E-state index contributed by atoms with van der Waals surface area (Å²) in [5.74, 6) is 1.35. The molecule has 20 heteroatoms. The summed E-state index contributed by atoms with van der Waals surface area (Å²) in [7, 11) is -9.06. The summed E-state index contributed by atoms with van der Waals surface area (Å²) in [6.45, 7) is 49.7. The van der Waals surface area contributed by atoms with Crippen molar-refractivity contribution in [2.45, 2.75) is 348 Å². The van der Waals surface area contributed by atoms with Crippen molar-refractivity contribution in [3.05, 3.63) is 144 Å². The van der Waals surface area contributed by atoms with Crippen molar-refractivity contribution in [3.8, 4) is 0 Å². The van der Waals surface area contributed by atoms with Crippen LogP contribution in [0.5, 0.6) is 0 Å². The molecule has 0 radical (unpaired) electrons. The molecule has 8 nitrogen and oxygen atoms in total. The van der Waals surface area contributed by atoms with Gasteiger partial charge in [0, 0.05) is 42.0 Å².